The minimum atomic E-state index is -0.744. The first-order valence-electron chi connectivity index (χ1n) is 15.2. The van der Waals surface area contributed by atoms with Crippen LogP contribution in [0.1, 0.15) is 42.6 Å². The van der Waals surface area contributed by atoms with Crippen LogP contribution in [0.3, 0.4) is 0 Å². The van der Waals surface area contributed by atoms with Gasteiger partial charge < -0.3 is 35.1 Å². The van der Waals surface area contributed by atoms with Crippen LogP contribution in [0.15, 0.2) is 73.4 Å². The fourth-order valence-corrected chi connectivity index (χ4v) is 4.95. The van der Waals surface area contributed by atoms with Crippen molar-refractivity contribution in [2.45, 2.75) is 38.3 Å². The summed E-state index contributed by atoms with van der Waals surface area (Å²) in [6, 6.07) is 15.5. The molecule has 12 heteroatoms. The highest BCUT2D eigenvalue weighted by Crippen LogP contribution is 2.36. The lowest BCUT2D eigenvalue weighted by Crippen LogP contribution is -2.61. The Morgan fingerprint density at radius 1 is 0.935 bits per heavy atom. The molecule has 0 spiro atoms. The number of ether oxygens (including phenoxy) is 3. The summed E-state index contributed by atoms with van der Waals surface area (Å²) >= 11 is 0. The van der Waals surface area contributed by atoms with Gasteiger partial charge in [0.1, 0.15) is 11.6 Å². The first-order chi connectivity index (χ1) is 22.1. The minimum absolute atomic E-state index is 0.255. The van der Waals surface area contributed by atoms with E-state index in [0.29, 0.717) is 62.8 Å². The standard InChI is InChI=1S/C34H41N5O7/c1-5-28(40)39-22-26(30(39)32(42)38-27-10-6-8-24-9-7-15-35-29(24)27)23-11-13-25(14-12-23)31(41)36-16-18-44-20-21-45-19-17-37-33(43)46-34(2,3)4/h5-15,26,30H,1,16-22H2,2-4H3,(H,36,41)(H,37,43)(H,38,42)/t26-,30-/m1/s1. The number of anilines is 1. The van der Waals surface area contributed by atoms with Crippen LogP contribution in [0.25, 0.3) is 10.9 Å². The van der Waals surface area contributed by atoms with E-state index in [-0.39, 0.29) is 23.6 Å². The summed E-state index contributed by atoms with van der Waals surface area (Å²) in [5, 5.41) is 9.27. The Morgan fingerprint density at radius 3 is 2.28 bits per heavy atom. The van der Waals surface area contributed by atoms with E-state index in [9.17, 15) is 19.2 Å². The number of likely N-dealkylation sites (tertiary alicyclic amines) is 1. The second-order valence-electron chi connectivity index (χ2n) is 11.6. The molecule has 2 atom stereocenters. The molecule has 1 saturated heterocycles. The van der Waals surface area contributed by atoms with Crippen LogP contribution in [0.2, 0.25) is 0 Å². The Labute approximate surface area is 268 Å². The van der Waals surface area contributed by atoms with Crippen LogP contribution in [-0.4, -0.2) is 91.4 Å². The Kier molecular flexibility index (Phi) is 11.8. The zero-order valence-corrected chi connectivity index (χ0v) is 26.4. The molecule has 3 N–H and O–H groups in total. The summed E-state index contributed by atoms with van der Waals surface area (Å²) in [5.74, 6) is -1.16. The van der Waals surface area contributed by atoms with Gasteiger partial charge in [0.05, 0.1) is 37.6 Å². The first kappa shape index (κ1) is 34.1. The van der Waals surface area contributed by atoms with Gasteiger partial charge in [0.25, 0.3) is 5.91 Å². The van der Waals surface area contributed by atoms with E-state index >= 15 is 0 Å². The summed E-state index contributed by atoms with van der Waals surface area (Å²) in [7, 11) is 0. The number of amides is 4. The second kappa shape index (κ2) is 16.0. The number of carbonyl (C=O) groups excluding carboxylic acids is 4. The van der Waals surface area contributed by atoms with Gasteiger partial charge in [0.15, 0.2) is 0 Å². The van der Waals surface area contributed by atoms with Crippen LogP contribution >= 0.6 is 0 Å². The van der Waals surface area contributed by atoms with Gasteiger partial charge in [-0.25, -0.2) is 4.79 Å². The molecule has 12 nitrogen and oxygen atoms in total. The summed E-state index contributed by atoms with van der Waals surface area (Å²) < 4.78 is 16.1. The Morgan fingerprint density at radius 2 is 1.61 bits per heavy atom. The molecule has 3 aromatic rings. The van der Waals surface area contributed by atoms with Gasteiger partial charge in [0.2, 0.25) is 11.8 Å². The monoisotopic (exact) mass is 631 g/mol. The second-order valence-corrected chi connectivity index (χ2v) is 11.6. The van der Waals surface area contributed by atoms with Crippen molar-refractivity contribution in [2.24, 2.45) is 0 Å². The third kappa shape index (κ3) is 9.35. The highest BCUT2D eigenvalue weighted by molar-refractivity contribution is 6.05. The van der Waals surface area contributed by atoms with Gasteiger partial charge in [-0.1, -0.05) is 36.9 Å². The molecule has 46 heavy (non-hydrogen) atoms. The smallest absolute Gasteiger partial charge is 0.407 e. The molecule has 1 aliphatic heterocycles. The number of nitrogens with zero attached hydrogens (tertiary/aromatic N) is 2. The van der Waals surface area contributed by atoms with Crippen molar-refractivity contribution in [1.29, 1.82) is 0 Å². The van der Waals surface area contributed by atoms with Crippen LogP contribution in [0, 0.1) is 0 Å². The lowest BCUT2D eigenvalue weighted by molar-refractivity contribution is -0.143. The third-order valence-corrected chi connectivity index (χ3v) is 7.15. The zero-order chi connectivity index (χ0) is 33.1. The number of benzene rings is 2. The maximum Gasteiger partial charge on any atom is 0.407 e. The lowest BCUT2D eigenvalue weighted by Gasteiger charge is -2.46. The van der Waals surface area contributed by atoms with Crippen LogP contribution < -0.4 is 16.0 Å². The molecular formula is C34H41N5O7. The van der Waals surface area contributed by atoms with E-state index in [1.807, 2.05) is 24.3 Å². The molecule has 0 bridgehead atoms. The van der Waals surface area contributed by atoms with Crippen molar-refractivity contribution in [3.63, 3.8) is 0 Å². The molecule has 244 valence electrons. The lowest BCUT2D eigenvalue weighted by atomic mass is 9.81. The van der Waals surface area contributed by atoms with Gasteiger partial charge >= 0.3 is 6.09 Å². The number of para-hydroxylation sites is 1. The normalized spacial score (nSPS) is 15.8. The number of hydrogen-bond donors (Lipinski definition) is 3. The van der Waals surface area contributed by atoms with Crippen molar-refractivity contribution in [3.05, 3.63) is 84.6 Å². The number of fused-ring (bicyclic) bond motifs is 1. The molecule has 0 radical (unpaired) electrons. The summed E-state index contributed by atoms with van der Waals surface area (Å²) in [5.41, 5.74) is 1.98. The predicted molar refractivity (Wildman–Crippen MR) is 173 cm³/mol. The predicted octanol–water partition coefficient (Wildman–Crippen LogP) is 3.64. The van der Waals surface area contributed by atoms with Crippen LogP contribution in [0.4, 0.5) is 10.5 Å². The summed E-state index contributed by atoms with van der Waals surface area (Å²) in [4.78, 5) is 56.1. The Hall–Kier alpha value is -4.81. The molecule has 1 aliphatic rings. The molecular weight excluding hydrogens is 590 g/mol. The Balaban J connectivity index is 1.21. The summed E-state index contributed by atoms with van der Waals surface area (Å²) in [6.45, 7) is 11.3. The quantitative estimate of drug-likeness (QED) is 0.181. The minimum Gasteiger partial charge on any atom is -0.444 e. The van der Waals surface area contributed by atoms with Crippen molar-refractivity contribution in [1.82, 2.24) is 20.5 Å². The fraction of sp³-hybridized carbons (Fsp3) is 0.382. The maximum absolute atomic E-state index is 13.5. The van der Waals surface area contributed by atoms with Crippen molar-refractivity contribution < 1.29 is 33.4 Å². The van der Waals surface area contributed by atoms with Crippen molar-refractivity contribution in [2.75, 3.05) is 51.4 Å². The van der Waals surface area contributed by atoms with Crippen LogP contribution in [-0.2, 0) is 23.8 Å². The van der Waals surface area contributed by atoms with Gasteiger partial charge in [-0.3, -0.25) is 19.4 Å². The van der Waals surface area contributed by atoms with E-state index in [1.54, 1.807) is 57.3 Å². The number of rotatable bonds is 14. The maximum atomic E-state index is 13.5. The zero-order valence-electron chi connectivity index (χ0n) is 26.4. The number of pyridine rings is 1. The van der Waals surface area contributed by atoms with E-state index in [1.165, 1.54) is 11.0 Å². The molecule has 0 saturated carbocycles. The average molecular weight is 632 g/mol. The SMILES string of the molecule is C=CC(=O)N1C[C@H](c2ccc(C(=O)NCCOCCOCCNC(=O)OC(C)(C)C)cc2)[C@@H]1C(=O)Nc1cccc2cccnc12. The molecule has 2 heterocycles. The fourth-order valence-electron chi connectivity index (χ4n) is 4.95. The van der Waals surface area contributed by atoms with E-state index in [2.05, 4.69) is 27.5 Å². The van der Waals surface area contributed by atoms with Gasteiger partial charge in [-0.2, -0.15) is 0 Å². The Bertz CT molecular complexity index is 1530. The molecule has 0 aliphatic carbocycles. The average Bonchev–Trinajstić information content (AvgIpc) is 3.01. The largest absolute Gasteiger partial charge is 0.444 e. The number of nitrogens with one attached hydrogen (secondary N) is 3. The van der Waals surface area contributed by atoms with Gasteiger partial charge in [-0.05, 0) is 56.7 Å². The first-order valence-corrected chi connectivity index (χ1v) is 15.2. The van der Waals surface area contributed by atoms with E-state index in [0.717, 1.165) is 10.9 Å². The van der Waals surface area contributed by atoms with Gasteiger partial charge in [0, 0.05) is 42.7 Å². The molecule has 0 unspecified atom stereocenters. The van der Waals surface area contributed by atoms with E-state index < -0.39 is 17.7 Å². The van der Waals surface area contributed by atoms with Crippen LogP contribution in [0.5, 0.6) is 0 Å². The molecule has 2 aromatic carbocycles. The highest BCUT2D eigenvalue weighted by atomic mass is 16.6. The molecule has 4 amide bonds. The molecule has 4 rings (SSSR count). The number of carbonyl (C=O) groups is 4. The highest BCUT2D eigenvalue weighted by Gasteiger charge is 2.46. The number of aromatic nitrogens is 1. The summed E-state index contributed by atoms with van der Waals surface area (Å²) in [6.07, 6.45) is 2.37. The van der Waals surface area contributed by atoms with E-state index in [4.69, 9.17) is 14.2 Å². The number of hydrogen-bond acceptors (Lipinski definition) is 8. The molecule has 1 fully saturated rings. The molecule has 1 aromatic heterocycles. The van der Waals surface area contributed by atoms with Crippen molar-refractivity contribution in [3.8, 4) is 0 Å². The number of alkyl carbamates (subject to hydrolysis) is 1. The van der Waals surface area contributed by atoms with Gasteiger partial charge in [-0.15, -0.1) is 0 Å². The third-order valence-electron chi connectivity index (χ3n) is 7.15. The topological polar surface area (TPSA) is 148 Å². The van der Waals surface area contributed by atoms with Crippen molar-refractivity contribution >= 4 is 40.4 Å².